The number of hydrogen-bond donors (Lipinski definition) is 5. The molecule has 0 heterocycles. The van der Waals surface area contributed by atoms with Crippen molar-refractivity contribution in [2.75, 3.05) is 49.5 Å². The van der Waals surface area contributed by atoms with Crippen LogP contribution >= 0.6 is 11.8 Å². The van der Waals surface area contributed by atoms with Gasteiger partial charge >= 0.3 is 0 Å². The largest absolute Gasteiger partial charge is 0.384 e. The molecule has 0 aliphatic heterocycles. The summed E-state index contributed by atoms with van der Waals surface area (Å²) in [7, 11) is -3.58. The molecule has 0 unspecified atom stereocenters. The van der Waals surface area contributed by atoms with Crippen LogP contribution in [0.2, 0.25) is 0 Å². The second-order valence-electron chi connectivity index (χ2n) is 10.6. The third kappa shape index (κ3) is 10.9. The Morgan fingerprint density at radius 3 is 1.81 bits per heavy atom. The van der Waals surface area contributed by atoms with Gasteiger partial charge in [-0.2, -0.15) is 11.8 Å². The van der Waals surface area contributed by atoms with E-state index >= 15 is 0 Å². The number of anilines is 1. The highest BCUT2D eigenvalue weighted by Gasteiger charge is 2.33. The fourth-order valence-electron chi connectivity index (χ4n) is 2.89. The minimum absolute atomic E-state index is 0.0400. The van der Waals surface area contributed by atoms with Crippen molar-refractivity contribution in [3.63, 3.8) is 0 Å². The van der Waals surface area contributed by atoms with Gasteiger partial charge in [0, 0.05) is 55.3 Å². The first-order valence-corrected chi connectivity index (χ1v) is 14.8. The van der Waals surface area contributed by atoms with Crippen molar-refractivity contribution in [2.45, 2.75) is 64.4 Å². The van der Waals surface area contributed by atoms with E-state index in [0.29, 0.717) is 38.5 Å². The smallest absolute Gasteiger partial charge is 0.240 e. The van der Waals surface area contributed by atoms with Crippen molar-refractivity contribution in [1.29, 1.82) is 0 Å². The quantitative estimate of drug-likeness (QED) is 0.176. The Hall–Kier alpha value is -1.50. The standard InChI is InChI=1S/C25H45N5O4S2/c1-19(31)23(3,4)28-17-25(7,18-29-24(5,6)20(2)32)16-27-21-8-10-22(11-9-21)36(33,34)30-13-15-35-14-12-26/h8-11,27-30H,12-18,26H2,1-7H3. The summed E-state index contributed by atoms with van der Waals surface area (Å²) in [5, 5.41) is 10.1. The SMILES string of the molecule is CC(=O)C(C)(C)NCC(C)(CNc1ccc(S(=O)(=O)NCCSCCN)cc1)CNC(C)(C)C(C)=O. The molecule has 1 aromatic carbocycles. The highest BCUT2D eigenvalue weighted by Crippen LogP contribution is 2.21. The molecule has 11 heteroatoms. The highest BCUT2D eigenvalue weighted by atomic mass is 32.2. The minimum Gasteiger partial charge on any atom is -0.384 e. The number of carbonyl (C=O) groups excluding carboxylic acids is 2. The van der Waals surface area contributed by atoms with Crippen LogP contribution in [0.4, 0.5) is 5.69 Å². The molecule has 6 N–H and O–H groups in total. The third-order valence-corrected chi connectivity index (χ3v) is 8.85. The molecule has 0 atom stereocenters. The van der Waals surface area contributed by atoms with Gasteiger partial charge in [-0.25, -0.2) is 13.1 Å². The van der Waals surface area contributed by atoms with Crippen LogP contribution in [-0.2, 0) is 19.6 Å². The lowest BCUT2D eigenvalue weighted by Gasteiger charge is -2.37. The molecule has 0 spiro atoms. The summed E-state index contributed by atoms with van der Waals surface area (Å²) in [5.74, 6) is 1.54. The van der Waals surface area contributed by atoms with Gasteiger partial charge in [-0.1, -0.05) is 6.92 Å². The van der Waals surface area contributed by atoms with Crippen LogP contribution in [0.1, 0.15) is 48.5 Å². The van der Waals surface area contributed by atoms with Gasteiger partial charge < -0.3 is 21.7 Å². The van der Waals surface area contributed by atoms with E-state index in [1.807, 2.05) is 27.7 Å². The van der Waals surface area contributed by atoms with E-state index in [1.165, 1.54) is 0 Å². The predicted molar refractivity (Wildman–Crippen MR) is 150 cm³/mol. The average molecular weight is 544 g/mol. The Labute approximate surface area is 221 Å². The Balaban J connectivity index is 2.88. The fraction of sp³-hybridized carbons (Fsp3) is 0.680. The van der Waals surface area contributed by atoms with Gasteiger partial charge in [0.1, 0.15) is 11.6 Å². The lowest BCUT2D eigenvalue weighted by atomic mass is 9.86. The molecule has 0 saturated heterocycles. The lowest BCUT2D eigenvalue weighted by Crippen LogP contribution is -2.56. The molecule has 1 rings (SSSR count). The highest BCUT2D eigenvalue weighted by molar-refractivity contribution is 7.99. The molecular formula is C25H45N5O4S2. The van der Waals surface area contributed by atoms with E-state index in [9.17, 15) is 18.0 Å². The van der Waals surface area contributed by atoms with Gasteiger partial charge in [0.05, 0.1) is 16.0 Å². The third-order valence-electron chi connectivity index (χ3n) is 6.36. The number of nitrogens with one attached hydrogen (secondary N) is 4. The van der Waals surface area contributed by atoms with Crippen molar-refractivity contribution >= 4 is 39.0 Å². The number of sulfonamides is 1. The summed E-state index contributed by atoms with van der Waals surface area (Å²) in [5.41, 5.74) is 4.50. The van der Waals surface area contributed by atoms with Crippen molar-refractivity contribution in [3.05, 3.63) is 24.3 Å². The van der Waals surface area contributed by atoms with Gasteiger partial charge in [0.2, 0.25) is 10.0 Å². The van der Waals surface area contributed by atoms with E-state index < -0.39 is 21.1 Å². The Morgan fingerprint density at radius 1 is 0.861 bits per heavy atom. The number of Topliss-reactive ketones (excluding diaryl/α,β-unsaturated/α-hetero) is 2. The van der Waals surface area contributed by atoms with Crippen LogP contribution in [0.15, 0.2) is 29.2 Å². The number of nitrogens with two attached hydrogens (primary N) is 1. The normalized spacial score (nSPS) is 13.0. The molecule has 0 fully saturated rings. The van der Waals surface area contributed by atoms with E-state index in [0.717, 1.165) is 11.4 Å². The van der Waals surface area contributed by atoms with Crippen LogP contribution in [0, 0.1) is 5.41 Å². The second-order valence-corrected chi connectivity index (χ2v) is 13.5. The van der Waals surface area contributed by atoms with Crippen LogP contribution in [0.3, 0.4) is 0 Å². The van der Waals surface area contributed by atoms with E-state index in [4.69, 9.17) is 5.73 Å². The summed E-state index contributed by atoms with van der Waals surface area (Å²) >= 11 is 1.60. The zero-order chi connectivity index (χ0) is 27.6. The molecular weight excluding hydrogens is 498 g/mol. The minimum atomic E-state index is -3.58. The predicted octanol–water partition coefficient (Wildman–Crippen LogP) is 1.99. The fourth-order valence-corrected chi connectivity index (χ4v) is 4.67. The summed E-state index contributed by atoms with van der Waals surface area (Å²) in [6.07, 6.45) is 0. The van der Waals surface area contributed by atoms with E-state index in [2.05, 4.69) is 27.6 Å². The molecule has 0 aliphatic carbocycles. The molecule has 0 amide bonds. The first-order chi connectivity index (χ1) is 16.5. The molecule has 36 heavy (non-hydrogen) atoms. The summed E-state index contributed by atoms with van der Waals surface area (Å²) in [6.45, 7) is 15.1. The summed E-state index contributed by atoms with van der Waals surface area (Å²) < 4.78 is 27.7. The zero-order valence-corrected chi connectivity index (χ0v) is 24.4. The molecule has 0 radical (unpaired) electrons. The monoisotopic (exact) mass is 543 g/mol. The Bertz CT molecular complexity index is 933. The topological polar surface area (TPSA) is 142 Å². The molecule has 0 aliphatic rings. The molecule has 9 nitrogen and oxygen atoms in total. The van der Waals surface area contributed by atoms with Crippen molar-refractivity contribution < 1.29 is 18.0 Å². The molecule has 0 aromatic heterocycles. The summed E-state index contributed by atoms with van der Waals surface area (Å²) in [4.78, 5) is 24.2. The Morgan fingerprint density at radius 2 is 1.36 bits per heavy atom. The maximum absolute atomic E-state index is 12.5. The number of carbonyl (C=O) groups is 2. The van der Waals surface area contributed by atoms with Crippen molar-refractivity contribution in [3.8, 4) is 0 Å². The van der Waals surface area contributed by atoms with Crippen LogP contribution in [0.25, 0.3) is 0 Å². The average Bonchev–Trinajstić information content (AvgIpc) is 2.80. The lowest BCUT2D eigenvalue weighted by molar-refractivity contribution is -0.122. The zero-order valence-electron chi connectivity index (χ0n) is 22.8. The summed E-state index contributed by atoms with van der Waals surface area (Å²) in [6, 6.07) is 6.61. The Kier molecular flexibility index (Phi) is 12.5. The maximum Gasteiger partial charge on any atom is 0.240 e. The van der Waals surface area contributed by atoms with Crippen molar-refractivity contribution in [1.82, 2.24) is 15.4 Å². The van der Waals surface area contributed by atoms with Gasteiger partial charge in [0.25, 0.3) is 0 Å². The van der Waals surface area contributed by atoms with Gasteiger partial charge in [-0.05, 0) is 65.8 Å². The number of thioether (sulfide) groups is 1. The molecule has 1 aromatic rings. The first kappa shape index (κ1) is 32.5. The molecule has 0 bridgehead atoms. The number of hydrogen-bond acceptors (Lipinski definition) is 9. The number of benzene rings is 1. The van der Waals surface area contributed by atoms with Crippen LogP contribution < -0.4 is 26.4 Å². The van der Waals surface area contributed by atoms with E-state index in [-0.39, 0.29) is 21.9 Å². The maximum atomic E-state index is 12.5. The van der Waals surface area contributed by atoms with E-state index in [1.54, 1.807) is 49.9 Å². The van der Waals surface area contributed by atoms with Crippen LogP contribution in [0.5, 0.6) is 0 Å². The van der Waals surface area contributed by atoms with Crippen molar-refractivity contribution in [2.24, 2.45) is 11.1 Å². The molecule has 206 valence electrons. The second kappa shape index (κ2) is 13.9. The number of ketones is 2. The molecule has 0 saturated carbocycles. The van der Waals surface area contributed by atoms with Gasteiger partial charge in [-0.15, -0.1) is 0 Å². The van der Waals surface area contributed by atoms with Gasteiger partial charge in [-0.3, -0.25) is 9.59 Å². The number of rotatable bonds is 18. The van der Waals surface area contributed by atoms with Crippen LogP contribution in [-0.4, -0.2) is 75.3 Å². The first-order valence-electron chi connectivity index (χ1n) is 12.2. The van der Waals surface area contributed by atoms with Gasteiger partial charge in [0.15, 0.2) is 0 Å².